The highest BCUT2D eigenvalue weighted by Gasteiger charge is 2.35. The summed E-state index contributed by atoms with van der Waals surface area (Å²) in [5.41, 5.74) is 0.475. The fourth-order valence-corrected chi connectivity index (χ4v) is 2.80. The molecule has 0 saturated carbocycles. The summed E-state index contributed by atoms with van der Waals surface area (Å²) in [6, 6.07) is 4.66. The number of alkyl halides is 3. The van der Waals surface area contributed by atoms with Crippen LogP contribution in [0.3, 0.4) is 0 Å². The molecule has 6 heteroatoms. The lowest BCUT2D eigenvalue weighted by Crippen LogP contribution is -2.11. The molecule has 0 fully saturated rings. The highest BCUT2D eigenvalue weighted by atomic mass is 32.1. The largest absolute Gasteiger partial charge is 0.433 e. The molecule has 0 aliphatic rings. The van der Waals surface area contributed by atoms with E-state index in [0.29, 0.717) is 10.6 Å². The molecule has 25 heavy (non-hydrogen) atoms. The highest BCUT2D eigenvalue weighted by molar-refractivity contribution is 7.16. The van der Waals surface area contributed by atoms with Gasteiger partial charge in [0, 0.05) is 11.9 Å². The lowest BCUT2D eigenvalue weighted by Gasteiger charge is -2.04. The molecule has 0 spiro atoms. The van der Waals surface area contributed by atoms with Crippen molar-refractivity contribution in [1.29, 1.82) is 0 Å². The van der Waals surface area contributed by atoms with Crippen LogP contribution >= 0.6 is 11.3 Å². The molecule has 142 valence electrons. The lowest BCUT2D eigenvalue weighted by atomic mass is 10.2. The van der Waals surface area contributed by atoms with Crippen molar-refractivity contribution in [3.05, 3.63) is 35.3 Å². The van der Waals surface area contributed by atoms with Crippen LogP contribution in [0.2, 0.25) is 0 Å². The Labute approximate surface area is 153 Å². The Bertz CT molecular complexity index is 637. The first kappa shape index (κ1) is 23.4. The van der Waals surface area contributed by atoms with E-state index in [1.54, 1.807) is 6.07 Å². The van der Waals surface area contributed by atoms with Crippen LogP contribution < -0.4 is 0 Å². The van der Waals surface area contributed by atoms with Gasteiger partial charge in [0.25, 0.3) is 0 Å². The topological polar surface area (TPSA) is 17.8 Å². The minimum absolute atomic E-state index is 0.335. The van der Waals surface area contributed by atoms with Crippen LogP contribution in [0.4, 0.5) is 13.2 Å². The van der Waals surface area contributed by atoms with Crippen molar-refractivity contribution in [3.63, 3.8) is 0 Å². The second-order valence-corrected chi connectivity index (χ2v) is 6.42. The maximum atomic E-state index is 12.6. The standard InChI is InChI=1S/C12H11F3N2S.C5H12.C2H6/c1-7(2)9-4-5-10(18-9)8-6-11(12(13,14)15)17(3)16-8;1-3-5-4-2;1-2/h4-6H,1H2,2-3H3;3-5H2,1-2H3;1-2H3. The second kappa shape index (κ2) is 11.1. The van der Waals surface area contributed by atoms with E-state index >= 15 is 0 Å². The second-order valence-electron chi connectivity index (χ2n) is 5.33. The van der Waals surface area contributed by atoms with Gasteiger partial charge in [0.05, 0.1) is 4.88 Å². The maximum absolute atomic E-state index is 12.6. The number of nitrogens with zero attached hydrogens (tertiary/aromatic N) is 2. The molecule has 0 aliphatic heterocycles. The Morgan fingerprint density at radius 3 is 2.08 bits per heavy atom. The molecule has 2 heterocycles. The first-order valence-electron chi connectivity index (χ1n) is 8.58. The number of rotatable bonds is 4. The van der Waals surface area contributed by atoms with Gasteiger partial charge in [-0.1, -0.05) is 53.5 Å². The van der Waals surface area contributed by atoms with Gasteiger partial charge in [-0.05, 0) is 30.7 Å². The van der Waals surface area contributed by atoms with Crippen LogP contribution in [0.5, 0.6) is 0 Å². The first-order chi connectivity index (χ1) is 11.7. The zero-order valence-electron chi connectivity index (χ0n) is 16.0. The molecule has 0 amide bonds. The smallest absolute Gasteiger partial charge is 0.263 e. The molecule has 0 unspecified atom stereocenters. The zero-order valence-corrected chi connectivity index (χ0v) is 16.8. The first-order valence-corrected chi connectivity index (χ1v) is 9.39. The van der Waals surface area contributed by atoms with E-state index in [9.17, 15) is 13.2 Å². The van der Waals surface area contributed by atoms with Crippen molar-refractivity contribution < 1.29 is 13.2 Å². The zero-order chi connectivity index (χ0) is 19.6. The molecular formula is C19H29F3N2S. The van der Waals surface area contributed by atoms with Crippen molar-refractivity contribution in [2.75, 3.05) is 0 Å². The minimum atomic E-state index is -4.38. The molecule has 0 aliphatic carbocycles. The van der Waals surface area contributed by atoms with Gasteiger partial charge in [-0.2, -0.15) is 18.3 Å². The normalized spacial score (nSPS) is 10.4. The summed E-state index contributed by atoms with van der Waals surface area (Å²) in [5, 5.41) is 3.90. The molecule has 0 bridgehead atoms. The predicted octanol–water partition coefficient (Wildman–Crippen LogP) is 7.42. The van der Waals surface area contributed by atoms with Gasteiger partial charge in [0.15, 0.2) is 0 Å². The molecule has 2 nitrogen and oxygen atoms in total. The monoisotopic (exact) mass is 374 g/mol. The SMILES string of the molecule is C=C(C)c1ccc(-c2cc(C(F)(F)F)n(C)n2)s1.CC.CCCCC. The minimum Gasteiger partial charge on any atom is -0.263 e. The third kappa shape index (κ3) is 7.46. The Hall–Kier alpha value is -1.56. The summed E-state index contributed by atoms with van der Waals surface area (Å²) in [6.07, 6.45) is -0.304. The number of hydrogen-bond acceptors (Lipinski definition) is 2. The molecule has 0 aromatic carbocycles. The van der Waals surface area contributed by atoms with Crippen molar-refractivity contribution in [2.45, 2.75) is 60.1 Å². The molecule has 2 aromatic heterocycles. The summed E-state index contributed by atoms with van der Waals surface area (Å²) in [6.45, 7) is 14.1. The Morgan fingerprint density at radius 1 is 1.20 bits per heavy atom. The molecule has 0 atom stereocenters. The fraction of sp³-hybridized carbons (Fsp3) is 0.526. The van der Waals surface area contributed by atoms with E-state index < -0.39 is 11.9 Å². The summed E-state index contributed by atoms with van der Waals surface area (Å²) in [4.78, 5) is 1.66. The number of hydrogen-bond donors (Lipinski definition) is 0. The van der Waals surface area contributed by atoms with Crippen molar-refractivity contribution in [3.8, 4) is 10.6 Å². The average Bonchev–Trinajstić information content (AvgIpc) is 3.16. The Morgan fingerprint density at radius 2 is 1.76 bits per heavy atom. The van der Waals surface area contributed by atoms with Gasteiger partial charge in [-0.25, -0.2) is 0 Å². The molecule has 2 rings (SSSR count). The summed E-state index contributed by atoms with van der Waals surface area (Å²) < 4.78 is 38.8. The Balaban J connectivity index is 0.000000710. The molecule has 0 radical (unpaired) electrons. The van der Waals surface area contributed by atoms with Crippen molar-refractivity contribution >= 4 is 16.9 Å². The van der Waals surface area contributed by atoms with Gasteiger partial charge >= 0.3 is 6.18 Å². The highest BCUT2D eigenvalue weighted by Crippen LogP contribution is 2.35. The fourth-order valence-electron chi connectivity index (χ4n) is 1.91. The third-order valence-electron chi connectivity index (χ3n) is 3.16. The summed E-state index contributed by atoms with van der Waals surface area (Å²) >= 11 is 1.38. The number of allylic oxidation sites excluding steroid dienone is 1. The number of unbranched alkanes of at least 4 members (excludes halogenated alkanes) is 2. The quantitative estimate of drug-likeness (QED) is 0.544. The number of thiophene rings is 1. The van der Waals surface area contributed by atoms with Gasteiger partial charge in [-0.3, -0.25) is 4.68 Å². The number of halogens is 3. The molecule has 2 aromatic rings. The summed E-state index contributed by atoms with van der Waals surface area (Å²) in [7, 11) is 1.29. The van der Waals surface area contributed by atoms with E-state index in [1.165, 1.54) is 37.6 Å². The van der Waals surface area contributed by atoms with E-state index in [1.807, 2.05) is 26.8 Å². The lowest BCUT2D eigenvalue weighted by molar-refractivity contribution is -0.143. The van der Waals surface area contributed by atoms with Gasteiger partial charge in [0.2, 0.25) is 0 Å². The van der Waals surface area contributed by atoms with Crippen LogP contribution in [-0.4, -0.2) is 9.78 Å². The van der Waals surface area contributed by atoms with Crippen LogP contribution in [0.25, 0.3) is 16.1 Å². The molecule has 0 saturated heterocycles. The van der Waals surface area contributed by atoms with E-state index in [0.717, 1.165) is 21.2 Å². The van der Waals surface area contributed by atoms with E-state index in [-0.39, 0.29) is 0 Å². The molecule has 0 N–H and O–H groups in total. The van der Waals surface area contributed by atoms with Crippen molar-refractivity contribution in [2.24, 2.45) is 7.05 Å². The Kier molecular flexibility index (Phi) is 10.4. The van der Waals surface area contributed by atoms with Crippen LogP contribution in [0, 0.1) is 0 Å². The van der Waals surface area contributed by atoms with Gasteiger partial charge < -0.3 is 0 Å². The van der Waals surface area contributed by atoms with Crippen LogP contribution in [0.1, 0.15) is 64.5 Å². The number of aromatic nitrogens is 2. The van der Waals surface area contributed by atoms with Crippen LogP contribution in [-0.2, 0) is 13.2 Å². The third-order valence-corrected chi connectivity index (χ3v) is 4.43. The van der Waals surface area contributed by atoms with Crippen LogP contribution in [0.15, 0.2) is 24.8 Å². The van der Waals surface area contributed by atoms with Gasteiger partial charge in [-0.15, -0.1) is 11.3 Å². The van der Waals surface area contributed by atoms with Gasteiger partial charge in [0.1, 0.15) is 11.4 Å². The predicted molar refractivity (Wildman–Crippen MR) is 103 cm³/mol. The van der Waals surface area contributed by atoms with E-state index in [2.05, 4.69) is 25.5 Å². The van der Waals surface area contributed by atoms with Crippen molar-refractivity contribution in [1.82, 2.24) is 9.78 Å². The summed E-state index contributed by atoms with van der Waals surface area (Å²) in [5.74, 6) is 0. The molecular weight excluding hydrogens is 345 g/mol. The number of aryl methyl sites for hydroxylation is 1. The van der Waals surface area contributed by atoms with E-state index in [4.69, 9.17) is 0 Å². The maximum Gasteiger partial charge on any atom is 0.433 e. The average molecular weight is 375 g/mol.